The quantitative estimate of drug-likeness (QED) is 0.489. The van der Waals surface area contributed by atoms with Crippen molar-refractivity contribution in [1.29, 1.82) is 0 Å². The van der Waals surface area contributed by atoms with Gasteiger partial charge in [-0.2, -0.15) is 0 Å². The van der Waals surface area contributed by atoms with E-state index in [-0.39, 0.29) is 13.2 Å². The van der Waals surface area contributed by atoms with Crippen LogP contribution in [0.2, 0.25) is 0 Å². The van der Waals surface area contributed by atoms with Gasteiger partial charge in [0.1, 0.15) is 31.0 Å². The second-order valence-electron chi connectivity index (χ2n) is 8.49. The molecule has 3 N–H and O–H groups in total. The molecule has 1 aliphatic heterocycles. The van der Waals surface area contributed by atoms with Gasteiger partial charge in [-0.15, -0.1) is 0 Å². The third kappa shape index (κ3) is 8.06. The van der Waals surface area contributed by atoms with E-state index in [1.165, 1.54) is 0 Å². The lowest BCUT2D eigenvalue weighted by atomic mass is 10.1. The van der Waals surface area contributed by atoms with E-state index in [0.717, 1.165) is 5.56 Å². The number of alkyl carbamates (subject to hydrolysis) is 1. The van der Waals surface area contributed by atoms with Crippen LogP contribution in [0.3, 0.4) is 0 Å². The summed E-state index contributed by atoms with van der Waals surface area (Å²) in [6.07, 6.45) is -3.75. The molecule has 0 aromatic heterocycles. The summed E-state index contributed by atoms with van der Waals surface area (Å²) >= 11 is 0. The largest absolute Gasteiger partial charge is 0.459 e. The lowest BCUT2D eigenvalue weighted by Crippen LogP contribution is -2.54. The van der Waals surface area contributed by atoms with E-state index in [9.17, 15) is 14.4 Å². The van der Waals surface area contributed by atoms with Crippen molar-refractivity contribution >= 4 is 18.2 Å². The summed E-state index contributed by atoms with van der Waals surface area (Å²) in [4.78, 5) is 36.4. The van der Waals surface area contributed by atoms with Gasteiger partial charge in [0, 0.05) is 0 Å². The zero-order chi connectivity index (χ0) is 23.2. The summed E-state index contributed by atoms with van der Waals surface area (Å²) < 4.78 is 27.1. The molecule has 0 aliphatic carbocycles. The third-order valence-corrected chi connectivity index (χ3v) is 4.09. The molecular weight excluding hydrogens is 408 g/mol. The molecule has 1 fully saturated rings. The Hall–Kier alpha value is -2.85. The minimum Gasteiger partial charge on any atom is -0.459 e. The minimum atomic E-state index is -1.29. The van der Waals surface area contributed by atoms with Crippen molar-refractivity contribution in [3.63, 3.8) is 0 Å². The molecule has 10 nitrogen and oxygen atoms in total. The van der Waals surface area contributed by atoms with Crippen molar-refractivity contribution in [3.8, 4) is 0 Å². The molecule has 1 saturated heterocycles. The zero-order valence-electron chi connectivity index (χ0n) is 18.4. The fourth-order valence-corrected chi connectivity index (χ4v) is 2.97. The molecule has 31 heavy (non-hydrogen) atoms. The summed E-state index contributed by atoms with van der Waals surface area (Å²) in [7, 11) is 0. The topological polar surface area (TPSA) is 135 Å². The predicted molar refractivity (Wildman–Crippen MR) is 109 cm³/mol. The summed E-state index contributed by atoms with van der Waals surface area (Å²) in [5.41, 5.74) is 5.02. The van der Waals surface area contributed by atoms with Gasteiger partial charge in [-0.05, 0) is 40.2 Å². The van der Waals surface area contributed by atoms with Crippen LogP contribution < -0.4 is 11.1 Å². The lowest BCUT2D eigenvalue weighted by Gasteiger charge is -2.27. The first-order chi connectivity index (χ1) is 14.4. The van der Waals surface area contributed by atoms with E-state index in [4.69, 9.17) is 29.4 Å². The Balaban J connectivity index is 2.20. The highest BCUT2D eigenvalue weighted by Crippen LogP contribution is 2.31. The summed E-state index contributed by atoms with van der Waals surface area (Å²) in [6, 6.07) is 7.77. The SMILES string of the molecule is CC(C)(C)OC(=O)N[C@H](C(=O)OCc1ccccc1)[C@@H]1OC(C)(C)O[C@H]1COC(N)=O. The molecule has 0 unspecified atom stereocenters. The number of hydrogen-bond donors (Lipinski definition) is 2. The molecule has 0 bridgehead atoms. The second kappa shape index (κ2) is 9.97. The molecule has 0 radical (unpaired) electrons. The van der Waals surface area contributed by atoms with Gasteiger partial charge in [-0.25, -0.2) is 14.4 Å². The van der Waals surface area contributed by atoms with Gasteiger partial charge >= 0.3 is 18.2 Å². The number of rotatable bonds is 7. The van der Waals surface area contributed by atoms with Crippen molar-refractivity contribution in [2.75, 3.05) is 6.61 Å². The second-order valence-corrected chi connectivity index (χ2v) is 8.49. The van der Waals surface area contributed by atoms with Crippen molar-refractivity contribution in [1.82, 2.24) is 5.32 Å². The molecule has 1 heterocycles. The van der Waals surface area contributed by atoms with Gasteiger partial charge in [0.05, 0.1) is 0 Å². The number of carbonyl (C=O) groups excluding carboxylic acids is 3. The first kappa shape index (κ1) is 24.4. The molecule has 1 aromatic carbocycles. The number of primary amides is 1. The minimum absolute atomic E-state index is 0.00834. The molecule has 2 rings (SSSR count). The van der Waals surface area contributed by atoms with Crippen molar-refractivity contribution < 1.29 is 38.1 Å². The Bertz CT molecular complexity index is 775. The van der Waals surface area contributed by atoms with Crippen LogP contribution in [0, 0.1) is 0 Å². The molecule has 1 aromatic rings. The van der Waals surface area contributed by atoms with E-state index >= 15 is 0 Å². The van der Waals surface area contributed by atoms with Crippen LogP contribution >= 0.6 is 0 Å². The van der Waals surface area contributed by atoms with Crippen LogP contribution in [-0.2, 0) is 35.1 Å². The van der Waals surface area contributed by atoms with E-state index in [1.54, 1.807) is 46.8 Å². The molecular formula is C21H30N2O8. The first-order valence-electron chi connectivity index (χ1n) is 9.84. The highest BCUT2D eigenvalue weighted by molar-refractivity contribution is 5.82. The Morgan fingerprint density at radius 1 is 1.13 bits per heavy atom. The van der Waals surface area contributed by atoms with Gasteiger partial charge in [-0.3, -0.25) is 0 Å². The van der Waals surface area contributed by atoms with Crippen molar-refractivity contribution in [3.05, 3.63) is 35.9 Å². The summed E-state index contributed by atoms with van der Waals surface area (Å²) in [6.45, 7) is 8.05. The number of nitrogens with one attached hydrogen (secondary N) is 1. The van der Waals surface area contributed by atoms with Crippen LogP contribution in [0.1, 0.15) is 40.2 Å². The molecule has 2 amide bonds. The maximum Gasteiger partial charge on any atom is 0.408 e. The maximum absolute atomic E-state index is 12.9. The fraction of sp³-hybridized carbons (Fsp3) is 0.571. The number of carbonyl (C=O) groups is 3. The highest BCUT2D eigenvalue weighted by atomic mass is 16.8. The fourth-order valence-electron chi connectivity index (χ4n) is 2.97. The van der Waals surface area contributed by atoms with Crippen LogP contribution in [0.15, 0.2) is 30.3 Å². The Morgan fingerprint density at radius 3 is 2.35 bits per heavy atom. The van der Waals surface area contributed by atoms with Crippen LogP contribution in [0.5, 0.6) is 0 Å². The molecule has 172 valence electrons. The average molecular weight is 438 g/mol. The standard InChI is InChI=1S/C21H30N2O8/c1-20(2,3)31-19(26)23-15(17(24)27-11-13-9-7-6-8-10-13)16-14(12-28-18(22)25)29-21(4,5)30-16/h6-10,14-16H,11-12H2,1-5H3,(H2,22,25)(H,23,26)/t14-,15-,16+/m0/s1. The Morgan fingerprint density at radius 2 is 1.77 bits per heavy atom. The van der Waals surface area contributed by atoms with Gasteiger partial charge in [0.15, 0.2) is 11.8 Å². The van der Waals surface area contributed by atoms with Crippen LogP contribution in [-0.4, -0.2) is 54.4 Å². The molecule has 3 atom stereocenters. The highest BCUT2D eigenvalue weighted by Gasteiger charge is 2.49. The van der Waals surface area contributed by atoms with E-state index in [1.807, 2.05) is 18.2 Å². The number of nitrogens with two attached hydrogens (primary N) is 1. The van der Waals surface area contributed by atoms with E-state index in [2.05, 4.69) is 5.32 Å². The van der Waals surface area contributed by atoms with E-state index in [0.29, 0.717) is 0 Å². The smallest absolute Gasteiger partial charge is 0.408 e. The van der Waals surface area contributed by atoms with E-state index < -0.39 is 47.8 Å². The number of amides is 2. The molecule has 10 heteroatoms. The summed E-state index contributed by atoms with van der Waals surface area (Å²) in [5, 5.41) is 2.49. The predicted octanol–water partition coefficient (Wildman–Crippen LogP) is 2.24. The van der Waals surface area contributed by atoms with Gasteiger partial charge in [0.25, 0.3) is 0 Å². The number of hydrogen-bond acceptors (Lipinski definition) is 8. The first-order valence-corrected chi connectivity index (χ1v) is 9.84. The monoisotopic (exact) mass is 438 g/mol. The third-order valence-electron chi connectivity index (χ3n) is 4.09. The van der Waals surface area contributed by atoms with Crippen molar-refractivity contribution in [2.24, 2.45) is 5.73 Å². The Labute approximate surface area is 181 Å². The van der Waals surface area contributed by atoms with Crippen LogP contribution in [0.25, 0.3) is 0 Å². The van der Waals surface area contributed by atoms with Gasteiger partial charge in [-0.1, -0.05) is 30.3 Å². The summed E-state index contributed by atoms with van der Waals surface area (Å²) in [5.74, 6) is -1.87. The van der Waals surface area contributed by atoms with Crippen LogP contribution in [0.4, 0.5) is 9.59 Å². The zero-order valence-corrected chi connectivity index (χ0v) is 18.4. The van der Waals surface area contributed by atoms with Crippen molar-refractivity contribution in [2.45, 2.75) is 70.9 Å². The number of esters is 1. The normalized spacial score (nSPS) is 21.1. The number of benzene rings is 1. The molecule has 1 aliphatic rings. The van der Waals surface area contributed by atoms with Gasteiger partial charge < -0.3 is 34.7 Å². The Kier molecular flexibility index (Phi) is 7.85. The lowest BCUT2D eigenvalue weighted by molar-refractivity contribution is -0.161. The molecule has 0 spiro atoms. The van der Waals surface area contributed by atoms with Gasteiger partial charge in [0.2, 0.25) is 0 Å². The maximum atomic E-state index is 12.9. The average Bonchev–Trinajstić information content (AvgIpc) is 2.96. The number of ether oxygens (including phenoxy) is 5. The molecule has 0 saturated carbocycles.